The summed E-state index contributed by atoms with van der Waals surface area (Å²) in [5, 5.41) is 6.81. The van der Waals surface area contributed by atoms with Gasteiger partial charge in [-0.15, -0.1) is 0 Å². The van der Waals surface area contributed by atoms with Gasteiger partial charge in [-0.25, -0.2) is 15.0 Å². The third-order valence-corrected chi connectivity index (χ3v) is 18.7. The van der Waals surface area contributed by atoms with Gasteiger partial charge < -0.3 is 75.6 Å². The molecule has 0 radical (unpaired) electrons. The number of nitrogens with two attached hydrogens (primary N) is 2. The van der Waals surface area contributed by atoms with Crippen LogP contribution >= 0.6 is 0 Å². The van der Waals surface area contributed by atoms with Gasteiger partial charge in [0.15, 0.2) is 0 Å². The Morgan fingerprint density at radius 1 is 0.569 bits per heavy atom. The van der Waals surface area contributed by atoms with Crippen LogP contribution in [0.1, 0.15) is 111 Å². The summed E-state index contributed by atoms with van der Waals surface area (Å²) in [5.74, 6) is 7.43. The molecule has 0 saturated carbocycles. The van der Waals surface area contributed by atoms with Gasteiger partial charge in [-0.3, -0.25) is 29.0 Å². The summed E-state index contributed by atoms with van der Waals surface area (Å²) in [5.41, 5.74) is 18.1. The zero-order valence-corrected chi connectivity index (χ0v) is 61.3. The number of amides is 5. The highest BCUT2D eigenvalue weighted by Crippen LogP contribution is 2.43. The molecule has 0 atom stereocenters. The van der Waals surface area contributed by atoms with Gasteiger partial charge >= 0.3 is 0 Å². The van der Waals surface area contributed by atoms with Crippen molar-refractivity contribution in [2.75, 3.05) is 142 Å². The zero-order valence-electron chi connectivity index (χ0n) is 61.3. The van der Waals surface area contributed by atoms with Gasteiger partial charge in [0, 0.05) is 137 Å². The number of carbonyl (C=O) groups is 5. The molecule has 5 aromatic carbocycles. The Labute approximate surface area is 598 Å². The fourth-order valence-corrected chi connectivity index (χ4v) is 12.9. The Hall–Kier alpha value is -9.88. The summed E-state index contributed by atoms with van der Waals surface area (Å²) in [6.07, 6.45) is 4.37. The van der Waals surface area contributed by atoms with Gasteiger partial charge in [0.2, 0.25) is 29.5 Å². The van der Waals surface area contributed by atoms with Gasteiger partial charge in [0.25, 0.3) is 0 Å². The van der Waals surface area contributed by atoms with E-state index in [0.29, 0.717) is 69.9 Å². The number of fused-ring (bicyclic) bond motifs is 3. The lowest BCUT2D eigenvalue weighted by atomic mass is 9.78. The Morgan fingerprint density at radius 3 is 1.61 bits per heavy atom. The fourth-order valence-electron chi connectivity index (χ4n) is 12.9. The van der Waals surface area contributed by atoms with E-state index in [1.54, 1.807) is 0 Å². The quantitative estimate of drug-likeness (QED) is 0.00991. The average molecular weight is 1390 g/mol. The van der Waals surface area contributed by atoms with E-state index in [1.165, 1.54) is 32.3 Å². The van der Waals surface area contributed by atoms with Gasteiger partial charge in [-0.2, -0.15) is 5.10 Å². The average Bonchev–Trinajstić information content (AvgIpc) is 1.31. The van der Waals surface area contributed by atoms with Crippen LogP contribution in [-0.4, -0.2) is 228 Å². The van der Waals surface area contributed by atoms with Crippen LogP contribution in [-0.2, 0) is 34.8 Å². The number of hydrazone groups is 1. The summed E-state index contributed by atoms with van der Waals surface area (Å²) in [4.78, 5) is 111. The topological polar surface area (TPSA) is 301 Å². The minimum atomic E-state index is -0.770. The number of imidazole rings is 3. The molecule has 0 bridgehead atoms. The number of hydrogen-bond acceptors (Lipinski definition) is 17. The molecule has 2 saturated heterocycles. The van der Waals surface area contributed by atoms with Crippen LogP contribution in [0.25, 0.3) is 67.3 Å². The lowest BCUT2D eigenvalue weighted by Gasteiger charge is -2.34. The number of carbonyl (C=O) groups excluding carboxylic acids is 5. The number of primary amides is 1. The SMILES string of the molecule is CCCN(CC(=O)N(CCC)CC(=O)N(CC(N)=O)C/C(C=NCCCNC(=O)CCCOc1c(C(C)(C)C)cc(-c2nc3ccc(N4CCN(C)CC4)cc3[nH]2)cc1C(C)(C)C)=N/N)C(=O)CCCOc1cccc(-c2nc3ccc(-c4nc5ccc(N6CCN(C)CC6)cc5[nH]4)cc3[nH]2)c1. The number of rotatable bonds is 32. The minimum absolute atomic E-state index is 0.109. The van der Waals surface area contributed by atoms with Gasteiger partial charge in [0.05, 0.1) is 78.2 Å². The summed E-state index contributed by atoms with van der Waals surface area (Å²) >= 11 is 0. The second-order valence-electron chi connectivity index (χ2n) is 29.0. The van der Waals surface area contributed by atoms with E-state index in [-0.39, 0.29) is 74.0 Å². The molecular weight excluding hydrogens is 1290 g/mol. The first kappa shape index (κ1) is 74.8. The largest absolute Gasteiger partial charge is 0.494 e. The van der Waals surface area contributed by atoms with Crippen molar-refractivity contribution < 1.29 is 33.4 Å². The van der Waals surface area contributed by atoms with E-state index in [1.807, 2.05) is 50.2 Å². The van der Waals surface area contributed by atoms with Crippen molar-refractivity contribution in [1.82, 2.24) is 59.7 Å². The third kappa shape index (κ3) is 19.8. The standard InChI is InChI=1S/C77H104N18O7/c1-11-29-93(69(98)20-15-39-101-58-18-13-17-52(41-58)73-82-61-24-21-53(44-64(61)85-73)74-83-62-25-22-56(45-65(62)86-74)91-35-31-89(9)32-36-91)50-70(99)94(30-12-2)51-71(100)95(49-67(78)96)48-55(88-79)47-80-27-16-28-81-68(97)19-14-40-102-72-59(76(3,4)5)42-54(43-60(72)77(6,7)8)75-84-63-26-23-57(46-66(63)87-75)92-37-33-90(10)34-38-92/h13,17-18,21-26,41-47H,11-12,14-16,19-20,27-40,48-51,79H2,1-10H3,(H2,78,96)(H,81,97)(H,82,85)(H,83,86)(H,84,87)/b80-47?,88-55+. The van der Waals surface area contributed by atoms with Gasteiger partial charge in [-0.05, 0) is 136 Å². The van der Waals surface area contributed by atoms with E-state index in [4.69, 9.17) is 36.0 Å². The Balaban J connectivity index is 0.652. The molecule has 8 N–H and O–H groups in total. The second-order valence-corrected chi connectivity index (χ2v) is 29.0. The number of nitrogens with zero attached hydrogens (tertiary/aromatic N) is 12. The van der Waals surface area contributed by atoms with E-state index < -0.39 is 24.3 Å². The summed E-state index contributed by atoms with van der Waals surface area (Å²) in [6.45, 7) is 25.6. The van der Waals surface area contributed by atoms with Crippen LogP contribution in [0.4, 0.5) is 11.4 Å². The molecule has 0 spiro atoms. The van der Waals surface area contributed by atoms with Crippen LogP contribution < -0.4 is 36.2 Å². The maximum Gasteiger partial charge on any atom is 0.243 e. The number of piperazine rings is 2. The van der Waals surface area contributed by atoms with Crippen LogP contribution in [0.5, 0.6) is 11.5 Å². The highest BCUT2D eigenvalue weighted by Gasteiger charge is 2.31. The first-order valence-corrected chi connectivity index (χ1v) is 36.0. The van der Waals surface area contributed by atoms with Crippen molar-refractivity contribution in [2.45, 2.75) is 111 Å². The number of anilines is 2. The number of aromatic amines is 3. The monoisotopic (exact) mass is 1390 g/mol. The molecule has 2 fully saturated rings. The number of hydrogen-bond donors (Lipinski definition) is 6. The molecule has 2 aliphatic rings. The van der Waals surface area contributed by atoms with Gasteiger partial charge in [0.1, 0.15) is 29.0 Å². The van der Waals surface area contributed by atoms with Crippen LogP contribution in [0.2, 0.25) is 0 Å². The first-order chi connectivity index (χ1) is 48.9. The van der Waals surface area contributed by atoms with Crippen LogP contribution in [0.15, 0.2) is 101 Å². The van der Waals surface area contributed by atoms with E-state index in [2.05, 4.69) is 160 Å². The van der Waals surface area contributed by atoms with E-state index >= 15 is 0 Å². The number of aliphatic imine (C=N–C) groups is 1. The number of aromatic nitrogens is 6. The maximum absolute atomic E-state index is 14.0. The van der Waals surface area contributed by atoms with Crippen molar-refractivity contribution in [2.24, 2.45) is 21.7 Å². The molecule has 3 aromatic heterocycles. The minimum Gasteiger partial charge on any atom is -0.494 e. The zero-order chi connectivity index (χ0) is 72.7. The molecule has 0 aliphatic carbocycles. The number of nitrogens with one attached hydrogen (secondary N) is 4. The molecule has 5 heterocycles. The van der Waals surface area contributed by atoms with Crippen molar-refractivity contribution in [3.63, 3.8) is 0 Å². The molecular formula is C77H104N18O7. The predicted molar refractivity (Wildman–Crippen MR) is 407 cm³/mol. The highest BCUT2D eigenvalue weighted by molar-refractivity contribution is 6.32. The smallest absolute Gasteiger partial charge is 0.243 e. The number of benzene rings is 5. The van der Waals surface area contributed by atoms with Crippen LogP contribution in [0.3, 0.4) is 0 Å². The predicted octanol–water partition coefficient (Wildman–Crippen LogP) is 9.12. The van der Waals surface area contributed by atoms with Crippen LogP contribution in [0, 0.1) is 0 Å². The molecule has 10 rings (SSSR count). The molecule has 25 nitrogen and oxygen atoms in total. The molecule has 8 aromatic rings. The lowest BCUT2D eigenvalue weighted by molar-refractivity contribution is -0.144. The maximum atomic E-state index is 14.0. The Bertz CT molecular complexity index is 4240. The Kier molecular flexibility index (Phi) is 25.1. The lowest BCUT2D eigenvalue weighted by Crippen LogP contribution is -2.50. The number of likely N-dealkylation sites (N-methyl/N-ethyl adjacent to an activating group) is 2. The molecule has 102 heavy (non-hydrogen) atoms. The van der Waals surface area contributed by atoms with Gasteiger partial charge in [-0.1, -0.05) is 67.5 Å². The summed E-state index contributed by atoms with van der Waals surface area (Å²) < 4.78 is 12.8. The van der Waals surface area contributed by atoms with Crippen molar-refractivity contribution in [3.8, 4) is 45.7 Å². The molecule has 5 amide bonds. The number of H-pyrrole nitrogens is 3. The number of ether oxygens (including phenoxy) is 2. The van der Waals surface area contributed by atoms with E-state index in [0.717, 1.165) is 131 Å². The first-order valence-electron chi connectivity index (χ1n) is 36.0. The Morgan fingerprint density at radius 2 is 1.07 bits per heavy atom. The fraction of sp³-hybridized carbons (Fsp3) is 0.481. The normalized spacial score (nSPS) is 14.3. The molecule has 2 aliphatic heterocycles. The summed E-state index contributed by atoms with van der Waals surface area (Å²) in [7, 11) is 4.32. The summed E-state index contributed by atoms with van der Waals surface area (Å²) in [6, 6.07) is 31.0. The highest BCUT2D eigenvalue weighted by atomic mass is 16.5. The third-order valence-electron chi connectivity index (χ3n) is 18.7. The van der Waals surface area contributed by atoms with Crippen molar-refractivity contribution >= 4 is 85.9 Å². The van der Waals surface area contributed by atoms with Crippen molar-refractivity contribution in [1.29, 1.82) is 0 Å². The van der Waals surface area contributed by atoms with Crippen molar-refractivity contribution in [3.05, 3.63) is 102 Å². The molecule has 0 unspecified atom stereocenters. The molecule has 544 valence electrons. The second kappa shape index (κ2) is 34.2. The molecule has 25 heteroatoms. The van der Waals surface area contributed by atoms with E-state index in [9.17, 15) is 24.0 Å².